The van der Waals surface area contributed by atoms with Gasteiger partial charge in [0, 0.05) is 10.9 Å². The molecular formula is C12H10ClNO. The molecule has 76 valence electrons. The summed E-state index contributed by atoms with van der Waals surface area (Å²) in [6.07, 6.45) is 0. The van der Waals surface area contributed by atoms with Crippen molar-refractivity contribution in [1.29, 1.82) is 5.26 Å². The van der Waals surface area contributed by atoms with Gasteiger partial charge in [0.05, 0.1) is 0 Å². The lowest BCUT2D eigenvalue weighted by Crippen LogP contribution is -2.25. The summed E-state index contributed by atoms with van der Waals surface area (Å²) in [5.41, 5.74) is -0.677. The van der Waals surface area contributed by atoms with Crippen molar-refractivity contribution < 1.29 is 4.74 Å². The Morgan fingerprint density at radius 3 is 2.40 bits per heavy atom. The van der Waals surface area contributed by atoms with Crippen molar-refractivity contribution in [2.75, 3.05) is 0 Å². The average Bonchev–Trinajstić information content (AvgIpc) is 2.18. The Hall–Kier alpha value is -1.64. The number of benzene rings is 1. The molecule has 0 aromatic heterocycles. The number of nitriles is 1. The molecule has 0 bridgehead atoms. The molecule has 1 rings (SSSR count). The lowest BCUT2D eigenvalue weighted by molar-refractivity contribution is 0.172. The van der Waals surface area contributed by atoms with E-state index in [1.165, 1.54) is 0 Å². The third kappa shape index (κ3) is 3.94. The molecule has 0 N–H and O–H groups in total. The number of halogens is 1. The molecule has 3 heteroatoms. The molecule has 0 amide bonds. The first-order valence-corrected chi connectivity index (χ1v) is 4.77. The lowest BCUT2D eigenvalue weighted by atomic mass is 10.1. The molecule has 0 aliphatic rings. The second-order valence-corrected chi connectivity index (χ2v) is 3.86. The van der Waals surface area contributed by atoms with Gasteiger partial charge in [0.25, 0.3) is 0 Å². The minimum absolute atomic E-state index is 0.656. The molecule has 0 saturated carbocycles. The van der Waals surface area contributed by atoms with Crippen LogP contribution in [-0.2, 0) is 0 Å². The van der Waals surface area contributed by atoms with Crippen LogP contribution in [0.15, 0.2) is 24.3 Å². The third-order valence-corrected chi connectivity index (χ3v) is 1.86. The predicted octanol–water partition coefficient (Wildman–Crippen LogP) is 3.02. The van der Waals surface area contributed by atoms with E-state index >= 15 is 0 Å². The van der Waals surface area contributed by atoms with Gasteiger partial charge >= 0.3 is 0 Å². The molecular weight excluding hydrogens is 210 g/mol. The number of nitrogens with zero attached hydrogens (tertiary/aromatic N) is 1. The highest BCUT2D eigenvalue weighted by Gasteiger charge is 2.15. The summed E-state index contributed by atoms with van der Waals surface area (Å²) < 4.78 is 5.58. The fourth-order valence-corrected chi connectivity index (χ4v) is 1.13. The fraction of sp³-hybridized carbons (Fsp3) is 0.250. The first-order valence-electron chi connectivity index (χ1n) is 4.39. The molecule has 0 aliphatic heterocycles. The van der Waals surface area contributed by atoms with Crippen molar-refractivity contribution in [3.8, 4) is 23.7 Å². The fourth-order valence-electron chi connectivity index (χ4n) is 1.00. The Morgan fingerprint density at radius 2 is 1.87 bits per heavy atom. The van der Waals surface area contributed by atoms with Crippen molar-refractivity contribution in [2.24, 2.45) is 0 Å². The minimum atomic E-state index is -0.677. The van der Waals surface area contributed by atoms with E-state index in [0.717, 1.165) is 0 Å². The molecule has 0 atom stereocenters. The van der Waals surface area contributed by atoms with E-state index in [2.05, 4.69) is 11.8 Å². The first kappa shape index (κ1) is 11.4. The maximum absolute atomic E-state index is 8.34. The molecule has 15 heavy (non-hydrogen) atoms. The van der Waals surface area contributed by atoms with Gasteiger partial charge in [0.2, 0.25) is 0 Å². The first-order chi connectivity index (χ1) is 7.03. The Bertz CT molecular complexity index is 431. The van der Waals surface area contributed by atoms with Gasteiger partial charge < -0.3 is 4.74 Å². The maximum atomic E-state index is 8.34. The lowest BCUT2D eigenvalue weighted by Gasteiger charge is -2.19. The molecule has 0 fully saturated rings. The van der Waals surface area contributed by atoms with Gasteiger partial charge in [-0.25, -0.2) is 0 Å². The van der Waals surface area contributed by atoms with Crippen LogP contribution in [0.4, 0.5) is 0 Å². The van der Waals surface area contributed by atoms with Crippen LogP contribution in [0.3, 0.4) is 0 Å². The molecule has 2 nitrogen and oxygen atoms in total. The zero-order valence-electron chi connectivity index (χ0n) is 8.54. The normalized spacial score (nSPS) is 9.73. The van der Waals surface area contributed by atoms with Crippen LogP contribution in [-0.4, -0.2) is 5.60 Å². The number of hydrogen-bond donors (Lipinski definition) is 0. The van der Waals surface area contributed by atoms with E-state index in [4.69, 9.17) is 21.6 Å². The number of rotatable bonds is 2. The number of ether oxygens (including phenoxy) is 1. The van der Waals surface area contributed by atoms with Crippen LogP contribution in [0.5, 0.6) is 5.75 Å². The third-order valence-electron chi connectivity index (χ3n) is 1.61. The summed E-state index contributed by atoms with van der Waals surface area (Å²) in [5.74, 6) is 5.71. The molecule has 0 aliphatic carbocycles. The zero-order chi connectivity index (χ0) is 11.3. The van der Waals surface area contributed by atoms with Gasteiger partial charge in [0.1, 0.15) is 5.75 Å². The summed E-state index contributed by atoms with van der Waals surface area (Å²) in [6, 6.07) is 8.76. The van der Waals surface area contributed by atoms with Gasteiger partial charge in [-0.15, -0.1) is 0 Å². The second-order valence-electron chi connectivity index (χ2n) is 3.43. The van der Waals surface area contributed by atoms with Crippen LogP contribution in [0.2, 0.25) is 5.02 Å². The summed E-state index contributed by atoms with van der Waals surface area (Å²) in [5, 5.41) is 8.99. The summed E-state index contributed by atoms with van der Waals surface area (Å²) in [6.45, 7) is 3.60. The monoisotopic (exact) mass is 219 g/mol. The second kappa shape index (κ2) is 4.73. The Morgan fingerprint density at radius 1 is 1.27 bits per heavy atom. The van der Waals surface area contributed by atoms with Crippen LogP contribution < -0.4 is 4.74 Å². The van der Waals surface area contributed by atoms with Crippen LogP contribution in [0.25, 0.3) is 0 Å². The minimum Gasteiger partial charge on any atom is -0.475 e. The number of hydrogen-bond acceptors (Lipinski definition) is 2. The molecule has 0 heterocycles. The molecule has 0 spiro atoms. The topological polar surface area (TPSA) is 33.0 Å². The molecule has 0 saturated heterocycles. The smallest absolute Gasteiger partial charge is 0.164 e. The molecule has 1 aromatic rings. The van der Waals surface area contributed by atoms with Gasteiger partial charge in [-0.2, -0.15) is 5.26 Å². The van der Waals surface area contributed by atoms with E-state index in [1.807, 2.05) is 0 Å². The SMILES string of the molecule is CC(C)(C#CC#N)Oc1ccc(Cl)cc1. The van der Waals surface area contributed by atoms with Crippen LogP contribution in [0.1, 0.15) is 13.8 Å². The molecule has 0 unspecified atom stereocenters. The van der Waals surface area contributed by atoms with Gasteiger partial charge in [-0.05, 0) is 44.0 Å². The van der Waals surface area contributed by atoms with E-state index in [-0.39, 0.29) is 0 Å². The summed E-state index contributed by atoms with van der Waals surface area (Å²) in [7, 11) is 0. The van der Waals surface area contributed by atoms with E-state index < -0.39 is 5.60 Å². The summed E-state index contributed by atoms with van der Waals surface area (Å²) >= 11 is 5.74. The summed E-state index contributed by atoms with van der Waals surface area (Å²) in [4.78, 5) is 0. The van der Waals surface area contributed by atoms with Crippen molar-refractivity contribution in [1.82, 2.24) is 0 Å². The van der Waals surface area contributed by atoms with Crippen LogP contribution in [0, 0.1) is 23.2 Å². The van der Waals surface area contributed by atoms with E-state index in [9.17, 15) is 0 Å². The Balaban J connectivity index is 2.78. The standard InChI is InChI=1S/C12H10ClNO/c1-12(2,8-3-9-14)15-11-6-4-10(13)5-7-11/h4-7H,1-2H3. The van der Waals surface area contributed by atoms with Crippen molar-refractivity contribution in [3.63, 3.8) is 0 Å². The molecule has 1 aromatic carbocycles. The van der Waals surface area contributed by atoms with Gasteiger partial charge in [-0.1, -0.05) is 11.6 Å². The molecule has 0 radical (unpaired) electrons. The largest absolute Gasteiger partial charge is 0.475 e. The van der Waals surface area contributed by atoms with Crippen molar-refractivity contribution in [3.05, 3.63) is 29.3 Å². The Labute approximate surface area is 94.4 Å². The van der Waals surface area contributed by atoms with Crippen molar-refractivity contribution in [2.45, 2.75) is 19.4 Å². The van der Waals surface area contributed by atoms with E-state index in [1.54, 1.807) is 44.2 Å². The van der Waals surface area contributed by atoms with E-state index in [0.29, 0.717) is 10.8 Å². The Kier molecular flexibility index (Phi) is 3.61. The highest BCUT2D eigenvalue weighted by molar-refractivity contribution is 6.30. The predicted molar refractivity (Wildman–Crippen MR) is 59.5 cm³/mol. The maximum Gasteiger partial charge on any atom is 0.164 e. The highest BCUT2D eigenvalue weighted by atomic mass is 35.5. The highest BCUT2D eigenvalue weighted by Crippen LogP contribution is 2.20. The van der Waals surface area contributed by atoms with Gasteiger partial charge in [-0.3, -0.25) is 0 Å². The van der Waals surface area contributed by atoms with Gasteiger partial charge in [0.15, 0.2) is 11.7 Å². The van der Waals surface area contributed by atoms with Crippen molar-refractivity contribution >= 4 is 11.6 Å². The zero-order valence-corrected chi connectivity index (χ0v) is 9.30. The quantitative estimate of drug-likeness (QED) is 0.717. The van der Waals surface area contributed by atoms with Crippen LogP contribution >= 0.6 is 11.6 Å². The average molecular weight is 220 g/mol.